The Balaban J connectivity index is 2.30. The minimum absolute atomic E-state index is 0.119. The highest BCUT2D eigenvalue weighted by Gasteiger charge is 2.28. The van der Waals surface area contributed by atoms with Gasteiger partial charge >= 0.3 is 0 Å². The second-order valence-corrected chi connectivity index (χ2v) is 5.93. The van der Waals surface area contributed by atoms with E-state index < -0.39 is 29.8 Å². The summed E-state index contributed by atoms with van der Waals surface area (Å²) >= 11 is 0. The molecule has 1 aliphatic rings. The third-order valence-electron chi connectivity index (χ3n) is 3.86. The van der Waals surface area contributed by atoms with Gasteiger partial charge in [-0.15, -0.1) is 0 Å². The van der Waals surface area contributed by atoms with Crippen LogP contribution in [0.5, 0.6) is 0 Å². The van der Waals surface area contributed by atoms with Gasteiger partial charge in [0.25, 0.3) is 18.2 Å². The molecule has 1 saturated heterocycles. The van der Waals surface area contributed by atoms with Crippen molar-refractivity contribution in [3.63, 3.8) is 0 Å². The van der Waals surface area contributed by atoms with Crippen LogP contribution in [0, 0.1) is 0 Å². The Bertz CT molecular complexity index is 711. The van der Waals surface area contributed by atoms with Crippen molar-refractivity contribution < 1.29 is 27.9 Å². The lowest BCUT2D eigenvalue weighted by Crippen LogP contribution is -2.49. The van der Waals surface area contributed by atoms with Crippen molar-refractivity contribution in [2.75, 3.05) is 44.1 Å². The maximum absolute atomic E-state index is 13.5. The van der Waals surface area contributed by atoms with Crippen LogP contribution in [0.15, 0.2) is 18.2 Å². The van der Waals surface area contributed by atoms with Gasteiger partial charge in [-0.3, -0.25) is 19.3 Å². The number of morpholine rings is 1. The van der Waals surface area contributed by atoms with Gasteiger partial charge in [-0.05, 0) is 32.3 Å². The zero-order valence-corrected chi connectivity index (χ0v) is 14.4. The monoisotopic (exact) mass is 370 g/mol. The van der Waals surface area contributed by atoms with Crippen molar-refractivity contribution in [3.05, 3.63) is 23.8 Å². The minimum atomic E-state index is -2.90. The lowest BCUT2D eigenvalue weighted by atomic mass is 10.1. The molecule has 10 heteroatoms. The van der Waals surface area contributed by atoms with Crippen LogP contribution in [0.25, 0.3) is 0 Å². The van der Waals surface area contributed by atoms with E-state index in [1.807, 2.05) is 0 Å². The number of anilines is 2. The summed E-state index contributed by atoms with van der Waals surface area (Å²) in [5.41, 5.74) is 4.85. The Labute approximate surface area is 148 Å². The number of rotatable bonds is 6. The average Bonchev–Trinajstić information content (AvgIpc) is 2.54. The molecule has 0 radical (unpaired) electrons. The SMILES string of the molecule is CN(C)[C@H](C(N)=O)C(=O)Nc1ccc(N2CCOCC2=O)cc1C(F)F. The molecule has 1 aliphatic heterocycles. The maximum Gasteiger partial charge on any atom is 0.265 e. The van der Waals surface area contributed by atoms with Gasteiger partial charge in [0.2, 0.25) is 5.91 Å². The summed E-state index contributed by atoms with van der Waals surface area (Å²) in [6.45, 7) is 0.431. The number of ether oxygens (including phenoxy) is 1. The third-order valence-corrected chi connectivity index (χ3v) is 3.86. The van der Waals surface area contributed by atoms with Gasteiger partial charge in [-0.2, -0.15) is 0 Å². The second-order valence-electron chi connectivity index (χ2n) is 5.93. The van der Waals surface area contributed by atoms with Crippen molar-refractivity contribution in [1.82, 2.24) is 4.90 Å². The Kier molecular flexibility index (Phi) is 6.22. The molecule has 142 valence electrons. The minimum Gasteiger partial charge on any atom is -0.370 e. The van der Waals surface area contributed by atoms with E-state index in [-0.39, 0.29) is 30.4 Å². The summed E-state index contributed by atoms with van der Waals surface area (Å²) in [5, 5.41) is 2.31. The Hall–Kier alpha value is -2.59. The van der Waals surface area contributed by atoms with Crippen molar-refractivity contribution in [2.45, 2.75) is 12.5 Å². The molecule has 0 aromatic heterocycles. The van der Waals surface area contributed by atoms with Crippen LogP contribution >= 0.6 is 0 Å². The van der Waals surface area contributed by atoms with Crippen LogP contribution in [0.3, 0.4) is 0 Å². The molecule has 0 spiro atoms. The van der Waals surface area contributed by atoms with Crippen molar-refractivity contribution in [2.24, 2.45) is 5.73 Å². The first-order valence-corrected chi connectivity index (χ1v) is 7.79. The van der Waals surface area contributed by atoms with E-state index in [0.29, 0.717) is 6.61 Å². The molecule has 1 aromatic rings. The molecule has 2 rings (SSSR count). The number of hydrogen-bond donors (Lipinski definition) is 2. The lowest BCUT2D eigenvalue weighted by molar-refractivity contribution is -0.131. The van der Waals surface area contributed by atoms with Gasteiger partial charge in [0, 0.05) is 23.5 Å². The van der Waals surface area contributed by atoms with Gasteiger partial charge < -0.3 is 20.7 Å². The standard InChI is InChI=1S/C16H20F2N4O4/c1-21(2)13(15(19)24)16(25)20-11-4-3-9(7-10(11)14(17)18)22-5-6-26-8-12(22)23/h3-4,7,13-14H,5-6,8H2,1-2H3,(H2,19,24)(H,20,25)/t13-/m1/s1. The highest BCUT2D eigenvalue weighted by molar-refractivity contribution is 6.10. The Morgan fingerprint density at radius 1 is 1.35 bits per heavy atom. The van der Waals surface area contributed by atoms with Crippen LogP contribution in [-0.2, 0) is 19.1 Å². The molecule has 0 bridgehead atoms. The summed E-state index contributed by atoms with van der Waals surface area (Å²) in [7, 11) is 2.94. The number of hydrogen-bond acceptors (Lipinski definition) is 5. The molecule has 0 saturated carbocycles. The van der Waals surface area contributed by atoms with Crippen LogP contribution in [0.2, 0.25) is 0 Å². The summed E-state index contributed by atoms with van der Waals surface area (Å²) < 4.78 is 31.9. The summed E-state index contributed by atoms with van der Waals surface area (Å²) in [5.74, 6) is -2.06. The van der Waals surface area contributed by atoms with Gasteiger partial charge in [0.15, 0.2) is 6.04 Å². The number of likely N-dealkylation sites (N-methyl/N-ethyl adjacent to an activating group) is 1. The van der Waals surface area contributed by atoms with E-state index in [0.717, 1.165) is 6.07 Å². The zero-order valence-electron chi connectivity index (χ0n) is 14.4. The summed E-state index contributed by atoms with van der Waals surface area (Å²) in [6, 6.07) is 2.55. The van der Waals surface area contributed by atoms with Crippen LogP contribution in [-0.4, -0.2) is 62.5 Å². The molecule has 1 fully saturated rings. The third kappa shape index (κ3) is 4.33. The molecular formula is C16H20F2N4O4. The quantitative estimate of drug-likeness (QED) is 0.703. The number of carbonyl (C=O) groups is 3. The van der Waals surface area contributed by atoms with Crippen LogP contribution in [0.1, 0.15) is 12.0 Å². The second kappa shape index (κ2) is 8.19. The van der Waals surface area contributed by atoms with E-state index in [1.165, 1.54) is 36.0 Å². The smallest absolute Gasteiger partial charge is 0.265 e. The van der Waals surface area contributed by atoms with Crippen LogP contribution in [0.4, 0.5) is 20.2 Å². The van der Waals surface area contributed by atoms with E-state index in [1.54, 1.807) is 0 Å². The number of nitrogens with one attached hydrogen (secondary N) is 1. The highest BCUT2D eigenvalue weighted by Crippen LogP contribution is 2.32. The van der Waals surface area contributed by atoms with E-state index >= 15 is 0 Å². The van der Waals surface area contributed by atoms with Crippen molar-refractivity contribution >= 4 is 29.1 Å². The Morgan fingerprint density at radius 2 is 2.04 bits per heavy atom. The number of primary amides is 1. The lowest BCUT2D eigenvalue weighted by Gasteiger charge is -2.28. The molecule has 1 heterocycles. The molecule has 26 heavy (non-hydrogen) atoms. The first-order valence-electron chi connectivity index (χ1n) is 7.79. The number of halogens is 2. The largest absolute Gasteiger partial charge is 0.370 e. The van der Waals surface area contributed by atoms with Gasteiger partial charge in [-0.1, -0.05) is 0 Å². The van der Waals surface area contributed by atoms with Crippen molar-refractivity contribution in [3.8, 4) is 0 Å². The van der Waals surface area contributed by atoms with Gasteiger partial charge in [0.05, 0.1) is 6.61 Å². The van der Waals surface area contributed by atoms with E-state index in [2.05, 4.69) is 5.32 Å². The molecule has 3 amide bonds. The molecule has 0 aliphatic carbocycles. The van der Waals surface area contributed by atoms with Crippen LogP contribution < -0.4 is 16.0 Å². The Morgan fingerprint density at radius 3 is 2.58 bits per heavy atom. The predicted molar refractivity (Wildman–Crippen MR) is 89.9 cm³/mol. The molecule has 3 N–H and O–H groups in total. The fraction of sp³-hybridized carbons (Fsp3) is 0.438. The fourth-order valence-corrected chi connectivity index (χ4v) is 2.62. The maximum atomic E-state index is 13.5. The number of nitrogens with zero attached hydrogens (tertiary/aromatic N) is 2. The van der Waals surface area contributed by atoms with E-state index in [4.69, 9.17) is 10.5 Å². The summed E-state index contributed by atoms with van der Waals surface area (Å²) in [6.07, 6.45) is -2.90. The molecule has 1 atom stereocenters. The normalized spacial score (nSPS) is 16.1. The first kappa shape index (κ1) is 19.7. The van der Waals surface area contributed by atoms with E-state index in [9.17, 15) is 23.2 Å². The topological polar surface area (TPSA) is 105 Å². The van der Waals surface area contributed by atoms with Gasteiger partial charge in [0.1, 0.15) is 6.61 Å². The number of amides is 3. The van der Waals surface area contributed by atoms with Gasteiger partial charge in [-0.25, -0.2) is 8.78 Å². The molecule has 8 nitrogen and oxygen atoms in total. The number of nitrogens with two attached hydrogens (primary N) is 1. The average molecular weight is 370 g/mol. The zero-order chi connectivity index (χ0) is 19.4. The van der Waals surface area contributed by atoms with Crippen molar-refractivity contribution in [1.29, 1.82) is 0 Å². The molecule has 1 aromatic carbocycles. The number of benzene rings is 1. The fourth-order valence-electron chi connectivity index (χ4n) is 2.62. The predicted octanol–water partition coefficient (Wildman–Crippen LogP) is 0.341. The number of carbonyl (C=O) groups excluding carboxylic acids is 3. The molecule has 0 unspecified atom stereocenters. The highest BCUT2D eigenvalue weighted by atomic mass is 19.3. The molecular weight excluding hydrogens is 350 g/mol. The number of alkyl halides is 2. The first-order chi connectivity index (χ1) is 12.2. The summed E-state index contributed by atoms with van der Waals surface area (Å²) in [4.78, 5) is 38.1.